The van der Waals surface area contributed by atoms with Gasteiger partial charge in [-0.2, -0.15) is 0 Å². The Bertz CT molecular complexity index is 476. The smallest absolute Gasteiger partial charge is 0.187 e. The van der Waals surface area contributed by atoms with E-state index < -0.39 is 0 Å². The summed E-state index contributed by atoms with van der Waals surface area (Å²) < 4.78 is 0.945. The van der Waals surface area contributed by atoms with Crippen molar-refractivity contribution in [2.45, 2.75) is 38.1 Å². The Balaban J connectivity index is 1.47. The van der Waals surface area contributed by atoms with Crippen molar-refractivity contribution in [3.63, 3.8) is 0 Å². The van der Waals surface area contributed by atoms with Gasteiger partial charge >= 0.3 is 0 Å². The maximum absolute atomic E-state index is 12.3. The predicted octanol–water partition coefficient (Wildman–Crippen LogP) is 3.64. The van der Waals surface area contributed by atoms with Gasteiger partial charge in [0.15, 0.2) is 5.78 Å². The normalized spacial score (nSPS) is 22.5. The van der Waals surface area contributed by atoms with Crippen molar-refractivity contribution in [3.8, 4) is 0 Å². The molecule has 3 nitrogen and oxygen atoms in total. The van der Waals surface area contributed by atoms with E-state index in [9.17, 15) is 4.79 Å². The van der Waals surface area contributed by atoms with Gasteiger partial charge in [-0.3, -0.25) is 9.69 Å². The van der Waals surface area contributed by atoms with Crippen LogP contribution in [0.5, 0.6) is 0 Å². The SMILES string of the molecule is O=C(CN1CCC(N2CCCCC2)CC1)c1sccc1Br. The monoisotopic (exact) mass is 370 g/mol. The maximum atomic E-state index is 12.3. The van der Waals surface area contributed by atoms with Gasteiger partial charge in [0.05, 0.1) is 11.4 Å². The molecule has 0 unspecified atom stereocenters. The van der Waals surface area contributed by atoms with E-state index in [2.05, 4.69) is 25.7 Å². The summed E-state index contributed by atoms with van der Waals surface area (Å²) in [7, 11) is 0. The molecule has 0 spiro atoms. The van der Waals surface area contributed by atoms with Crippen LogP contribution >= 0.6 is 27.3 Å². The Hall–Kier alpha value is -0.230. The lowest BCUT2D eigenvalue weighted by Crippen LogP contribution is -2.47. The number of halogens is 1. The maximum Gasteiger partial charge on any atom is 0.187 e. The number of Topliss-reactive ketones (excluding diaryl/α,β-unsaturated/α-hetero) is 1. The van der Waals surface area contributed by atoms with Crippen molar-refractivity contribution in [1.29, 1.82) is 0 Å². The minimum absolute atomic E-state index is 0.258. The lowest BCUT2D eigenvalue weighted by atomic mass is 10.00. The predicted molar refractivity (Wildman–Crippen MR) is 91.2 cm³/mol. The zero-order valence-corrected chi connectivity index (χ0v) is 14.8. The second kappa shape index (κ2) is 7.36. The molecular formula is C16H23BrN2OS. The highest BCUT2D eigenvalue weighted by Gasteiger charge is 2.26. The van der Waals surface area contributed by atoms with Crippen LogP contribution in [0.25, 0.3) is 0 Å². The quantitative estimate of drug-likeness (QED) is 0.755. The molecule has 1 aromatic heterocycles. The third-order valence-electron chi connectivity index (χ3n) is 4.70. The highest BCUT2D eigenvalue weighted by atomic mass is 79.9. The largest absolute Gasteiger partial charge is 0.300 e. The Morgan fingerprint density at radius 2 is 1.90 bits per heavy atom. The third-order valence-corrected chi connectivity index (χ3v) is 6.58. The number of ketones is 1. The van der Waals surface area contributed by atoms with E-state index in [0.717, 1.165) is 28.5 Å². The Kier molecular flexibility index (Phi) is 5.49. The molecule has 0 amide bonds. The molecule has 0 radical (unpaired) electrons. The van der Waals surface area contributed by atoms with E-state index in [1.165, 1.54) is 56.5 Å². The average molecular weight is 371 g/mol. The summed E-state index contributed by atoms with van der Waals surface area (Å²) >= 11 is 5.00. The summed E-state index contributed by atoms with van der Waals surface area (Å²) in [5.74, 6) is 0.258. The van der Waals surface area contributed by atoms with Gasteiger partial charge in [0, 0.05) is 23.6 Å². The van der Waals surface area contributed by atoms with E-state index in [4.69, 9.17) is 0 Å². The van der Waals surface area contributed by atoms with Gasteiger partial charge in [0.1, 0.15) is 0 Å². The van der Waals surface area contributed by atoms with Crippen molar-refractivity contribution in [1.82, 2.24) is 9.80 Å². The number of hydrogen-bond donors (Lipinski definition) is 0. The number of carbonyl (C=O) groups is 1. The molecule has 0 N–H and O–H groups in total. The van der Waals surface area contributed by atoms with E-state index in [1.54, 1.807) is 0 Å². The summed E-state index contributed by atoms with van der Waals surface area (Å²) in [6, 6.07) is 2.71. The van der Waals surface area contributed by atoms with Crippen molar-refractivity contribution in [2.24, 2.45) is 0 Å². The molecule has 21 heavy (non-hydrogen) atoms. The Morgan fingerprint density at radius 3 is 2.52 bits per heavy atom. The Labute approximate surface area is 139 Å². The van der Waals surface area contributed by atoms with Crippen LogP contribution in [0, 0.1) is 0 Å². The molecule has 1 aromatic rings. The van der Waals surface area contributed by atoms with Gasteiger partial charge in [-0.25, -0.2) is 0 Å². The van der Waals surface area contributed by atoms with Gasteiger partial charge in [-0.1, -0.05) is 6.42 Å². The molecule has 116 valence electrons. The molecule has 2 aliphatic heterocycles. The first-order chi connectivity index (χ1) is 10.2. The minimum Gasteiger partial charge on any atom is -0.300 e. The molecule has 0 bridgehead atoms. The van der Waals surface area contributed by atoms with E-state index in [-0.39, 0.29) is 5.78 Å². The second-order valence-corrected chi connectivity index (χ2v) is 7.90. The number of thiophene rings is 1. The lowest BCUT2D eigenvalue weighted by molar-refractivity contribution is 0.0777. The van der Waals surface area contributed by atoms with Crippen molar-refractivity contribution < 1.29 is 4.79 Å². The average Bonchev–Trinajstić information content (AvgIpc) is 2.95. The summed E-state index contributed by atoms with van der Waals surface area (Å²) in [5.41, 5.74) is 0. The van der Waals surface area contributed by atoms with Crippen molar-refractivity contribution >= 4 is 33.0 Å². The first kappa shape index (κ1) is 15.7. The number of rotatable bonds is 4. The topological polar surface area (TPSA) is 23.6 Å². The van der Waals surface area contributed by atoms with Gasteiger partial charge in [0.2, 0.25) is 0 Å². The molecule has 2 fully saturated rings. The lowest BCUT2D eigenvalue weighted by Gasteiger charge is -2.40. The molecule has 0 saturated carbocycles. The Morgan fingerprint density at radius 1 is 1.19 bits per heavy atom. The van der Waals surface area contributed by atoms with E-state index >= 15 is 0 Å². The minimum atomic E-state index is 0.258. The summed E-state index contributed by atoms with van der Waals surface area (Å²) in [4.78, 5) is 18.2. The highest BCUT2D eigenvalue weighted by Crippen LogP contribution is 2.25. The van der Waals surface area contributed by atoms with Gasteiger partial charge in [0.25, 0.3) is 0 Å². The number of likely N-dealkylation sites (tertiary alicyclic amines) is 2. The molecule has 5 heteroatoms. The van der Waals surface area contributed by atoms with Crippen LogP contribution in [0.4, 0.5) is 0 Å². The van der Waals surface area contributed by atoms with Gasteiger partial charge < -0.3 is 4.90 Å². The van der Waals surface area contributed by atoms with E-state index in [0.29, 0.717) is 6.54 Å². The van der Waals surface area contributed by atoms with Crippen LogP contribution in [0.15, 0.2) is 15.9 Å². The molecule has 2 saturated heterocycles. The standard InChI is InChI=1S/C16H23BrN2OS/c17-14-6-11-21-16(14)15(20)12-18-9-4-13(5-10-18)19-7-2-1-3-8-19/h6,11,13H,1-5,7-10,12H2. The fourth-order valence-corrected chi connectivity index (χ4v) is 5.02. The molecule has 0 atom stereocenters. The number of hydrogen-bond acceptors (Lipinski definition) is 4. The number of piperidine rings is 2. The molecular weight excluding hydrogens is 348 g/mol. The fraction of sp³-hybridized carbons (Fsp3) is 0.688. The summed E-state index contributed by atoms with van der Waals surface area (Å²) in [5, 5.41) is 1.97. The first-order valence-electron chi connectivity index (χ1n) is 7.96. The summed E-state index contributed by atoms with van der Waals surface area (Å²) in [6.07, 6.45) is 6.58. The molecule has 2 aliphatic rings. The van der Waals surface area contributed by atoms with Gasteiger partial charge in [-0.05, 0) is 66.1 Å². The van der Waals surface area contributed by atoms with Crippen molar-refractivity contribution in [3.05, 3.63) is 20.8 Å². The number of carbonyl (C=O) groups excluding carboxylic acids is 1. The zero-order valence-electron chi connectivity index (χ0n) is 12.4. The highest BCUT2D eigenvalue weighted by molar-refractivity contribution is 9.10. The third kappa shape index (κ3) is 3.95. The number of nitrogens with zero attached hydrogens (tertiary/aromatic N) is 2. The van der Waals surface area contributed by atoms with E-state index in [1.807, 2.05) is 11.4 Å². The van der Waals surface area contributed by atoms with Crippen LogP contribution < -0.4 is 0 Å². The zero-order chi connectivity index (χ0) is 14.7. The fourth-order valence-electron chi connectivity index (χ4n) is 3.49. The van der Waals surface area contributed by atoms with Crippen molar-refractivity contribution in [2.75, 3.05) is 32.7 Å². The van der Waals surface area contributed by atoms with Gasteiger partial charge in [-0.15, -0.1) is 11.3 Å². The van der Waals surface area contributed by atoms with Crippen LogP contribution in [-0.2, 0) is 0 Å². The summed E-state index contributed by atoms with van der Waals surface area (Å²) in [6.45, 7) is 5.27. The second-order valence-electron chi connectivity index (χ2n) is 6.12. The van der Waals surface area contributed by atoms with Crippen LogP contribution in [0.3, 0.4) is 0 Å². The molecule has 3 heterocycles. The van der Waals surface area contributed by atoms with Crippen LogP contribution in [0.2, 0.25) is 0 Å². The first-order valence-corrected chi connectivity index (χ1v) is 9.64. The molecule has 0 aromatic carbocycles. The van der Waals surface area contributed by atoms with Crippen LogP contribution in [0.1, 0.15) is 41.8 Å². The molecule has 0 aliphatic carbocycles. The van der Waals surface area contributed by atoms with Crippen LogP contribution in [-0.4, -0.2) is 54.3 Å². The molecule has 3 rings (SSSR count).